The zero-order valence-electron chi connectivity index (χ0n) is 22.7. The largest absolute Gasteiger partial charge is 0.450 e. The van der Waals surface area contributed by atoms with Gasteiger partial charge in [-0.15, -0.1) is 0 Å². The molecule has 0 unspecified atom stereocenters. The van der Waals surface area contributed by atoms with Gasteiger partial charge in [0, 0.05) is 58.4 Å². The molecule has 2 saturated heterocycles. The third-order valence-corrected chi connectivity index (χ3v) is 6.29. The third kappa shape index (κ3) is 7.64. The van der Waals surface area contributed by atoms with Crippen LogP contribution in [0.15, 0.2) is 24.3 Å². The summed E-state index contributed by atoms with van der Waals surface area (Å²) in [4.78, 5) is 48.9. The summed E-state index contributed by atoms with van der Waals surface area (Å²) >= 11 is 0. The Kier molecular flexibility index (Phi) is 10.3. The Morgan fingerprint density at radius 3 is 1.57 bits per heavy atom. The van der Waals surface area contributed by atoms with E-state index in [-0.39, 0.29) is 23.7 Å². The van der Waals surface area contributed by atoms with E-state index in [1.165, 1.54) is 6.07 Å². The molecule has 0 aliphatic carbocycles. The molecular weight excluding hydrogens is 524 g/mol. The molecule has 16 heteroatoms. The van der Waals surface area contributed by atoms with Crippen molar-refractivity contribution in [3.63, 3.8) is 0 Å². The highest BCUT2D eigenvalue weighted by atomic mass is 16.6. The predicted molar refractivity (Wildman–Crippen MR) is 150 cm³/mol. The highest BCUT2D eigenvalue weighted by molar-refractivity contribution is 5.69. The number of amides is 2. The van der Waals surface area contributed by atoms with Crippen LogP contribution in [-0.4, -0.2) is 102 Å². The molecule has 2 aliphatic rings. The normalized spacial score (nSPS) is 15.2. The molecule has 16 nitrogen and oxygen atoms in total. The summed E-state index contributed by atoms with van der Waals surface area (Å²) in [7, 11) is 0. The average molecular weight is 561 g/mol. The highest BCUT2D eigenvalue weighted by Crippen LogP contribution is 2.24. The molecule has 2 amide bonds. The maximum Gasteiger partial charge on any atom is 0.409 e. The fourth-order valence-electron chi connectivity index (χ4n) is 4.10. The summed E-state index contributed by atoms with van der Waals surface area (Å²) in [6.45, 7) is 9.11. The molecule has 4 heterocycles. The van der Waals surface area contributed by atoms with E-state index in [9.17, 15) is 19.7 Å². The minimum atomic E-state index is -0.565. The van der Waals surface area contributed by atoms with E-state index < -0.39 is 4.92 Å². The number of rotatable bonds is 5. The van der Waals surface area contributed by atoms with Crippen LogP contribution >= 0.6 is 0 Å². The molecule has 6 N–H and O–H groups in total. The summed E-state index contributed by atoms with van der Waals surface area (Å²) in [5.41, 5.74) is 17.2. The molecular formula is C24H36N10O6. The lowest BCUT2D eigenvalue weighted by Crippen LogP contribution is -2.49. The monoisotopic (exact) mass is 560 g/mol. The van der Waals surface area contributed by atoms with Crippen LogP contribution in [0.2, 0.25) is 0 Å². The van der Waals surface area contributed by atoms with E-state index in [0.29, 0.717) is 82.9 Å². The number of nitro groups is 1. The van der Waals surface area contributed by atoms with E-state index in [0.717, 1.165) is 5.82 Å². The van der Waals surface area contributed by atoms with Gasteiger partial charge in [0.05, 0.1) is 23.8 Å². The van der Waals surface area contributed by atoms with Crippen LogP contribution in [0.25, 0.3) is 0 Å². The van der Waals surface area contributed by atoms with E-state index in [2.05, 4.69) is 14.9 Å². The number of ether oxygens (including phenoxy) is 2. The van der Waals surface area contributed by atoms with Crippen molar-refractivity contribution in [2.45, 2.75) is 13.8 Å². The molecule has 218 valence electrons. The van der Waals surface area contributed by atoms with Crippen LogP contribution in [-0.2, 0) is 9.47 Å². The topological polar surface area (TPSA) is 213 Å². The molecule has 0 aromatic carbocycles. The Labute approximate surface area is 231 Å². The zero-order chi connectivity index (χ0) is 29.2. The molecule has 2 aliphatic heterocycles. The van der Waals surface area contributed by atoms with Crippen molar-refractivity contribution in [1.82, 2.24) is 19.8 Å². The molecule has 2 aromatic rings. The van der Waals surface area contributed by atoms with Crippen molar-refractivity contribution >= 4 is 46.8 Å². The smallest absolute Gasteiger partial charge is 0.409 e. The number of aromatic nitrogens is 2. The van der Waals surface area contributed by atoms with Crippen LogP contribution in [0.4, 0.5) is 44.2 Å². The molecule has 40 heavy (non-hydrogen) atoms. The van der Waals surface area contributed by atoms with E-state index >= 15 is 0 Å². The van der Waals surface area contributed by atoms with Gasteiger partial charge in [-0.25, -0.2) is 19.6 Å². The van der Waals surface area contributed by atoms with E-state index in [4.69, 9.17) is 26.7 Å². The molecule has 0 saturated carbocycles. The molecule has 0 spiro atoms. The number of anilines is 5. The fraction of sp³-hybridized carbons (Fsp3) is 0.500. The third-order valence-electron chi connectivity index (χ3n) is 6.29. The van der Waals surface area contributed by atoms with Gasteiger partial charge in [-0.1, -0.05) is 0 Å². The van der Waals surface area contributed by atoms with Gasteiger partial charge in [-0.3, -0.25) is 10.1 Å². The summed E-state index contributed by atoms with van der Waals surface area (Å²) in [6.07, 6.45) is -0.583. The minimum absolute atomic E-state index is 0.106. The Bertz CT molecular complexity index is 1180. The number of hydrogen-bond acceptors (Lipinski definition) is 13. The number of nitrogens with zero attached hydrogens (tertiary/aromatic N) is 7. The lowest BCUT2D eigenvalue weighted by Gasteiger charge is -2.34. The Balaban J connectivity index is 0.000000222. The first-order chi connectivity index (χ1) is 19.1. The van der Waals surface area contributed by atoms with Crippen LogP contribution < -0.4 is 27.0 Å². The zero-order valence-corrected chi connectivity index (χ0v) is 22.7. The Morgan fingerprint density at radius 2 is 1.20 bits per heavy atom. The number of pyridine rings is 2. The van der Waals surface area contributed by atoms with Gasteiger partial charge < -0.3 is 46.3 Å². The second-order valence-electron chi connectivity index (χ2n) is 8.82. The molecule has 2 aromatic heterocycles. The number of nitrogen functional groups attached to an aromatic ring is 3. The van der Waals surface area contributed by atoms with Crippen molar-refractivity contribution in [1.29, 1.82) is 0 Å². The van der Waals surface area contributed by atoms with Gasteiger partial charge in [-0.05, 0) is 32.0 Å². The summed E-state index contributed by atoms with van der Waals surface area (Å²) < 4.78 is 9.91. The second kappa shape index (κ2) is 13.9. The standard InChI is InChI=1S/C12H17N5O4.C12H19N5O2/c1-2-21-12(18)16-7-5-15(6-8-16)10-4-3-9(17(19)20)11(13)14-10;1-2-19-12(18)17-7-5-16(6-8-17)10-4-3-9(13)11(14)15-10/h3-4H,2,5-8H2,1H3,(H2,13,14);3-4H,2,5-8,13H2,1H3,(H2,14,15). The van der Waals surface area contributed by atoms with Gasteiger partial charge in [-0.2, -0.15) is 0 Å². The number of carbonyl (C=O) groups excluding carboxylic acids is 2. The van der Waals surface area contributed by atoms with Crippen LogP contribution in [0, 0.1) is 10.1 Å². The van der Waals surface area contributed by atoms with Gasteiger partial charge in [0.15, 0.2) is 0 Å². The van der Waals surface area contributed by atoms with Crippen molar-refractivity contribution in [2.24, 2.45) is 0 Å². The number of hydrogen-bond donors (Lipinski definition) is 3. The minimum Gasteiger partial charge on any atom is -0.450 e. The Hall–Kier alpha value is -4.76. The molecule has 2 fully saturated rings. The van der Waals surface area contributed by atoms with Gasteiger partial charge in [0.2, 0.25) is 5.82 Å². The maximum atomic E-state index is 11.6. The first-order valence-electron chi connectivity index (χ1n) is 12.9. The van der Waals surface area contributed by atoms with Gasteiger partial charge in [0.25, 0.3) is 0 Å². The quantitative estimate of drug-likeness (QED) is 0.348. The van der Waals surface area contributed by atoms with Gasteiger partial charge in [0.1, 0.15) is 17.5 Å². The molecule has 0 radical (unpaired) electrons. The lowest BCUT2D eigenvalue weighted by atomic mass is 10.3. The summed E-state index contributed by atoms with van der Waals surface area (Å²) in [5.74, 6) is 1.59. The average Bonchev–Trinajstić information content (AvgIpc) is 2.95. The number of carbonyl (C=O) groups is 2. The van der Waals surface area contributed by atoms with E-state index in [1.807, 2.05) is 11.0 Å². The van der Waals surface area contributed by atoms with Crippen molar-refractivity contribution in [3.05, 3.63) is 34.4 Å². The van der Waals surface area contributed by atoms with E-state index in [1.54, 1.807) is 35.8 Å². The maximum absolute atomic E-state index is 11.6. The SMILES string of the molecule is CCOC(=O)N1CCN(c2ccc(N)c(N)n2)CC1.CCOC(=O)N1CCN(c2ccc([N+](=O)[O-])c(N)n2)CC1. The molecule has 0 atom stereocenters. The van der Waals surface area contributed by atoms with Crippen LogP contribution in [0.5, 0.6) is 0 Å². The van der Waals surface area contributed by atoms with Crippen LogP contribution in [0.3, 0.4) is 0 Å². The number of nitrogens with two attached hydrogens (primary N) is 3. The van der Waals surface area contributed by atoms with Crippen molar-refractivity contribution in [3.8, 4) is 0 Å². The fourth-order valence-corrected chi connectivity index (χ4v) is 4.10. The lowest BCUT2D eigenvalue weighted by molar-refractivity contribution is -0.384. The Morgan fingerprint density at radius 1 is 0.775 bits per heavy atom. The molecule has 4 rings (SSSR count). The summed E-state index contributed by atoms with van der Waals surface area (Å²) in [5, 5.41) is 10.7. The van der Waals surface area contributed by atoms with Crippen molar-refractivity contribution < 1.29 is 24.0 Å². The van der Waals surface area contributed by atoms with Crippen LogP contribution in [0.1, 0.15) is 13.8 Å². The predicted octanol–water partition coefficient (Wildman–Crippen LogP) is 1.38. The van der Waals surface area contributed by atoms with Gasteiger partial charge >= 0.3 is 17.9 Å². The highest BCUT2D eigenvalue weighted by Gasteiger charge is 2.24. The summed E-state index contributed by atoms with van der Waals surface area (Å²) in [6, 6.07) is 6.49. The second-order valence-corrected chi connectivity index (χ2v) is 8.82. The molecule has 0 bridgehead atoms. The number of piperazine rings is 2. The first-order valence-corrected chi connectivity index (χ1v) is 12.9. The first kappa shape index (κ1) is 29.8. The van der Waals surface area contributed by atoms with Crippen molar-refractivity contribution in [2.75, 3.05) is 92.6 Å².